The first-order valence-electron chi connectivity index (χ1n) is 11.8. The molecule has 0 radical (unpaired) electrons. The van der Waals surface area contributed by atoms with Crippen LogP contribution in [0.2, 0.25) is 0 Å². The molecule has 0 saturated carbocycles. The van der Waals surface area contributed by atoms with Gasteiger partial charge in [-0.2, -0.15) is 0 Å². The van der Waals surface area contributed by atoms with Gasteiger partial charge in [0.2, 0.25) is 23.6 Å². The zero-order chi connectivity index (χ0) is 26.1. The molecule has 0 aliphatic carbocycles. The quantitative estimate of drug-likeness (QED) is 0.262. The predicted molar refractivity (Wildman–Crippen MR) is 128 cm³/mol. The minimum absolute atomic E-state index is 0.0798. The highest BCUT2D eigenvalue weighted by Gasteiger charge is 2.39. The number of likely N-dealkylation sites (tertiary alicyclic amines) is 1. The predicted octanol–water partition coefficient (Wildman–Crippen LogP) is -0.477. The highest BCUT2D eigenvalue weighted by molar-refractivity contribution is 5.96. The standard InChI is InChI=1S/C24H35N5O6/c1-3-14(2)20(26)22(32)27-16(13-19(25)30)23(33)29-11-7-10-18(29)21(31)28-17(24(34)35)12-15-8-5-4-6-9-15/h4-6,8-9,14,16-18,20H,3,7,10-13,26H2,1-2H3,(H2,25,30)(H,27,32)(H,28,31)(H,34,35). The van der Waals surface area contributed by atoms with Crippen LogP contribution in [0, 0.1) is 5.92 Å². The third-order valence-electron chi connectivity index (χ3n) is 6.32. The van der Waals surface area contributed by atoms with E-state index in [-0.39, 0.29) is 18.9 Å². The van der Waals surface area contributed by atoms with Crippen LogP contribution in [0.25, 0.3) is 0 Å². The van der Waals surface area contributed by atoms with Crippen molar-refractivity contribution in [1.82, 2.24) is 15.5 Å². The fourth-order valence-corrected chi connectivity index (χ4v) is 4.00. The molecule has 1 aliphatic heterocycles. The van der Waals surface area contributed by atoms with Crippen LogP contribution < -0.4 is 22.1 Å². The molecule has 1 saturated heterocycles. The summed E-state index contributed by atoms with van der Waals surface area (Å²) in [5.74, 6) is -3.98. The van der Waals surface area contributed by atoms with E-state index in [2.05, 4.69) is 10.6 Å². The molecule has 0 aromatic heterocycles. The van der Waals surface area contributed by atoms with Crippen LogP contribution >= 0.6 is 0 Å². The summed E-state index contributed by atoms with van der Waals surface area (Å²) in [7, 11) is 0. The molecule has 5 unspecified atom stereocenters. The molecule has 1 fully saturated rings. The Morgan fingerprint density at radius 2 is 1.77 bits per heavy atom. The highest BCUT2D eigenvalue weighted by atomic mass is 16.4. The van der Waals surface area contributed by atoms with E-state index in [1.165, 1.54) is 4.90 Å². The fourth-order valence-electron chi connectivity index (χ4n) is 4.00. The largest absolute Gasteiger partial charge is 0.480 e. The van der Waals surface area contributed by atoms with Crippen molar-refractivity contribution in [2.45, 2.75) is 70.1 Å². The van der Waals surface area contributed by atoms with Gasteiger partial charge in [0.15, 0.2) is 0 Å². The molecule has 1 aromatic rings. The van der Waals surface area contributed by atoms with Crippen LogP contribution in [0.15, 0.2) is 30.3 Å². The second kappa shape index (κ2) is 12.8. The number of aliphatic carboxylic acids is 1. The molecule has 7 N–H and O–H groups in total. The van der Waals surface area contributed by atoms with Gasteiger partial charge in [0.25, 0.3) is 0 Å². The Labute approximate surface area is 204 Å². The third kappa shape index (κ3) is 7.78. The zero-order valence-electron chi connectivity index (χ0n) is 20.1. The molecular weight excluding hydrogens is 454 g/mol. The van der Waals surface area contributed by atoms with Crippen molar-refractivity contribution in [1.29, 1.82) is 0 Å². The molecule has 1 aliphatic rings. The smallest absolute Gasteiger partial charge is 0.326 e. The minimum atomic E-state index is -1.27. The van der Waals surface area contributed by atoms with E-state index in [1.807, 2.05) is 6.92 Å². The Bertz CT molecular complexity index is 924. The van der Waals surface area contributed by atoms with Gasteiger partial charge in [0.1, 0.15) is 18.1 Å². The average Bonchev–Trinajstić information content (AvgIpc) is 3.32. The van der Waals surface area contributed by atoms with Crippen molar-refractivity contribution in [2.24, 2.45) is 17.4 Å². The summed E-state index contributed by atoms with van der Waals surface area (Å²) in [6.45, 7) is 3.89. The van der Waals surface area contributed by atoms with Crippen molar-refractivity contribution >= 4 is 29.6 Å². The first kappa shape index (κ1) is 27.8. The molecule has 2 rings (SSSR count). The molecule has 4 amide bonds. The summed E-state index contributed by atoms with van der Waals surface area (Å²) in [6.07, 6.45) is 1.10. The molecule has 0 spiro atoms. The van der Waals surface area contributed by atoms with Gasteiger partial charge in [0.05, 0.1) is 12.5 Å². The van der Waals surface area contributed by atoms with Gasteiger partial charge in [-0.25, -0.2) is 4.79 Å². The number of nitrogens with zero attached hydrogens (tertiary/aromatic N) is 1. The number of carboxylic acids is 1. The topological polar surface area (TPSA) is 185 Å². The van der Waals surface area contributed by atoms with Gasteiger partial charge >= 0.3 is 5.97 Å². The number of hydrogen-bond donors (Lipinski definition) is 5. The lowest BCUT2D eigenvalue weighted by atomic mass is 9.98. The van der Waals surface area contributed by atoms with Crippen molar-refractivity contribution in [3.8, 4) is 0 Å². The van der Waals surface area contributed by atoms with E-state index in [4.69, 9.17) is 11.5 Å². The van der Waals surface area contributed by atoms with E-state index < -0.39 is 60.2 Å². The Kier molecular flexibility index (Phi) is 10.2. The van der Waals surface area contributed by atoms with E-state index in [1.54, 1.807) is 37.3 Å². The second-order valence-electron chi connectivity index (χ2n) is 8.92. The lowest BCUT2D eigenvalue weighted by Crippen LogP contribution is -2.58. The van der Waals surface area contributed by atoms with Crippen molar-refractivity contribution < 1.29 is 29.1 Å². The third-order valence-corrected chi connectivity index (χ3v) is 6.32. The minimum Gasteiger partial charge on any atom is -0.480 e. The Morgan fingerprint density at radius 3 is 2.34 bits per heavy atom. The number of carbonyl (C=O) groups excluding carboxylic acids is 4. The zero-order valence-corrected chi connectivity index (χ0v) is 20.1. The Hall–Kier alpha value is -3.47. The van der Waals surface area contributed by atoms with Gasteiger partial charge in [0, 0.05) is 13.0 Å². The Morgan fingerprint density at radius 1 is 1.11 bits per heavy atom. The summed E-state index contributed by atoms with van der Waals surface area (Å²) in [4.78, 5) is 63.5. The molecule has 0 bridgehead atoms. The van der Waals surface area contributed by atoms with Gasteiger partial charge in [-0.05, 0) is 24.3 Å². The number of carbonyl (C=O) groups is 5. The lowest BCUT2D eigenvalue weighted by molar-refractivity contribution is -0.145. The number of rotatable bonds is 12. The summed E-state index contributed by atoms with van der Waals surface area (Å²) in [5, 5.41) is 14.6. The van der Waals surface area contributed by atoms with E-state index in [0.29, 0.717) is 19.3 Å². The highest BCUT2D eigenvalue weighted by Crippen LogP contribution is 2.20. The molecule has 11 heteroatoms. The van der Waals surface area contributed by atoms with Gasteiger partial charge in [-0.15, -0.1) is 0 Å². The van der Waals surface area contributed by atoms with Crippen LogP contribution in [-0.2, 0) is 30.4 Å². The molecule has 1 aromatic carbocycles. The average molecular weight is 490 g/mol. The van der Waals surface area contributed by atoms with E-state index in [0.717, 1.165) is 5.56 Å². The maximum Gasteiger partial charge on any atom is 0.326 e. The van der Waals surface area contributed by atoms with Crippen molar-refractivity contribution in [3.63, 3.8) is 0 Å². The van der Waals surface area contributed by atoms with Gasteiger partial charge in [-0.1, -0.05) is 50.6 Å². The number of hydrogen-bond acceptors (Lipinski definition) is 6. The molecule has 192 valence electrons. The van der Waals surface area contributed by atoms with Crippen molar-refractivity contribution in [3.05, 3.63) is 35.9 Å². The number of nitrogens with two attached hydrogens (primary N) is 2. The SMILES string of the molecule is CCC(C)C(N)C(=O)NC(CC(N)=O)C(=O)N1CCCC1C(=O)NC(Cc1ccccc1)C(=O)O. The number of benzene rings is 1. The molecule has 5 atom stereocenters. The fraction of sp³-hybridized carbons (Fsp3) is 0.542. The molecular formula is C24H35N5O6. The van der Waals surface area contributed by atoms with Crippen LogP contribution in [0.3, 0.4) is 0 Å². The number of nitrogens with one attached hydrogen (secondary N) is 2. The van der Waals surface area contributed by atoms with Crippen LogP contribution in [0.4, 0.5) is 0 Å². The van der Waals surface area contributed by atoms with E-state index >= 15 is 0 Å². The molecule has 35 heavy (non-hydrogen) atoms. The number of amides is 4. The van der Waals surface area contributed by atoms with E-state index in [9.17, 15) is 29.1 Å². The normalized spacial score (nSPS) is 18.7. The van der Waals surface area contributed by atoms with Gasteiger partial charge < -0.3 is 32.1 Å². The number of carboxylic acid groups (broad SMARTS) is 1. The first-order chi connectivity index (χ1) is 16.5. The summed E-state index contributed by atoms with van der Waals surface area (Å²) >= 11 is 0. The number of primary amides is 1. The molecule has 1 heterocycles. The molecule has 11 nitrogen and oxygen atoms in total. The second-order valence-corrected chi connectivity index (χ2v) is 8.92. The summed E-state index contributed by atoms with van der Waals surface area (Å²) in [6, 6.07) is 4.59. The monoisotopic (exact) mass is 489 g/mol. The van der Waals surface area contributed by atoms with Crippen LogP contribution in [0.5, 0.6) is 0 Å². The van der Waals surface area contributed by atoms with Crippen LogP contribution in [-0.4, -0.2) is 70.3 Å². The van der Waals surface area contributed by atoms with Crippen LogP contribution in [0.1, 0.15) is 45.1 Å². The van der Waals surface area contributed by atoms with Crippen molar-refractivity contribution in [2.75, 3.05) is 6.54 Å². The lowest BCUT2D eigenvalue weighted by Gasteiger charge is -2.30. The maximum absolute atomic E-state index is 13.3. The Balaban J connectivity index is 2.14. The summed E-state index contributed by atoms with van der Waals surface area (Å²) < 4.78 is 0. The van der Waals surface area contributed by atoms with Gasteiger partial charge in [-0.3, -0.25) is 19.2 Å². The summed E-state index contributed by atoms with van der Waals surface area (Å²) in [5.41, 5.74) is 12.0. The maximum atomic E-state index is 13.3. The first-order valence-corrected chi connectivity index (χ1v) is 11.8.